The number of rotatable bonds is 7. The van der Waals surface area contributed by atoms with Gasteiger partial charge in [0.1, 0.15) is 6.04 Å². The van der Waals surface area contributed by atoms with Gasteiger partial charge in [-0.15, -0.1) is 0 Å². The quantitative estimate of drug-likeness (QED) is 0.695. The monoisotopic (exact) mass is 353 g/mol. The molecule has 1 atom stereocenters. The fourth-order valence-electron chi connectivity index (χ4n) is 1.87. The van der Waals surface area contributed by atoms with Gasteiger partial charge in [0.25, 0.3) is 5.91 Å². The predicted molar refractivity (Wildman–Crippen MR) is 93.5 cm³/mol. The van der Waals surface area contributed by atoms with Crippen LogP contribution in [0, 0.1) is 11.3 Å². The highest BCUT2D eigenvalue weighted by molar-refractivity contribution is 6.30. The number of primary amides is 1. The predicted octanol–water partition coefficient (Wildman–Crippen LogP) is 1.72. The molecule has 0 heterocycles. The fraction of sp³-hybridized carbons (Fsp3) is 0.471. The largest absolute Gasteiger partial charge is 0.369 e. The van der Waals surface area contributed by atoms with E-state index in [-0.39, 0.29) is 24.3 Å². The summed E-state index contributed by atoms with van der Waals surface area (Å²) in [5, 5.41) is 5.91. The zero-order valence-electron chi connectivity index (χ0n) is 14.4. The summed E-state index contributed by atoms with van der Waals surface area (Å²) in [7, 11) is 0. The van der Waals surface area contributed by atoms with Crippen LogP contribution >= 0.6 is 11.6 Å². The Balaban J connectivity index is 2.76. The van der Waals surface area contributed by atoms with E-state index in [0.717, 1.165) is 0 Å². The molecule has 6 nitrogen and oxygen atoms in total. The highest BCUT2D eigenvalue weighted by atomic mass is 35.5. The molecule has 132 valence electrons. The summed E-state index contributed by atoms with van der Waals surface area (Å²) in [6.07, 6.45) is 0. The van der Waals surface area contributed by atoms with Gasteiger partial charge in [-0.3, -0.25) is 14.4 Å². The zero-order chi connectivity index (χ0) is 18.5. The lowest BCUT2D eigenvalue weighted by atomic mass is 9.92. The number of nitrogens with two attached hydrogens (primary N) is 1. The number of hydrogen-bond donors (Lipinski definition) is 3. The van der Waals surface area contributed by atoms with Crippen molar-refractivity contribution in [2.45, 2.75) is 33.7 Å². The van der Waals surface area contributed by atoms with Crippen LogP contribution in [0.15, 0.2) is 24.3 Å². The van der Waals surface area contributed by atoms with Crippen LogP contribution in [-0.2, 0) is 9.59 Å². The van der Waals surface area contributed by atoms with Crippen molar-refractivity contribution in [1.29, 1.82) is 0 Å². The van der Waals surface area contributed by atoms with Gasteiger partial charge in [0.05, 0.1) is 5.41 Å². The van der Waals surface area contributed by atoms with Gasteiger partial charge >= 0.3 is 0 Å². The Morgan fingerprint density at radius 1 is 1.17 bits per heavy atom. The molecule has 0 bridgehead atoms. The minimum absolute atomic E-state index is 0.0984. The molecule has 7 heteroatoms. The van der Waals surface area contributed by atoms with E-state index < -0.39 is 17.4 Å². The Morgan fingerprint density at radius 3 is 2.17 bits per heavy atom. The Labute approximate surface area is 147 Å². The van der Waals surface area contributed by atoms with E-state index in [1.807, 2.05) is 13.8 Å². The third-order valence-corrected chi connectivity index (χ3v) is 3.97. The maximum atomic E-state index is 12.4. The Bertz CT molecular complexity index is 612. The molecule has 0 aliphatic heterocycles. The van der Waals surface area contributed by atoms with Gasteiger partial charge in [0.2, 0.25) is 11.8 Å². The average molecular weight is 354 g/mol. The lowest BCUT2D eigenvalue weighted by Crippen LogP contribution is -2.52. The molecule has 0 saturated carbocycles. The molecular formula is C17H24ClN3O3. The topological polar surface area (TPSA) is 101 Å². The van der Waals surface area contributed by atoms with Crippen LogP contribution in [0.25, 0.3) is 0 Å². The van der Waals surface area contributed by atoms with E-state index in [4.69, 9.17) is 17.3 Å². The van der Waals surface area contributed by atoms with Gasteiger partial charge < -0.3 is 16.4 Å². The van der Waals surface area contributed by atoms with Crippen LogP contribution in [0.4, 0.5) is 0 Å². The molecule has 1 unspecified atom stereocenters. The van der Waals surface area contributed by atoms with Crippen molar-refractivity contribution < 1.29 is 14.4 Å². The van der Waals surface area contributed by atoms with Crippen LogP contribution in [0.3, 0.4) is 0 Å². The van der Waals surface area contributed by atoms with Gasteiger partial charge in [-0.1, -0.05) is 25.4 Å². The molecular weight excluding hydrogens is 330 g/mol. The number of hydrogen-bond acceptors (Lipinski definition) is 3. The summed E-state index contributed by atoms with van der Waals surface area (Å²) in [6, 6.07) is 5.66. The molecule has 1 aromatic carbocycles. The highest BCUT2D eigenvalue weighted by Crippen LogP contribution is 2.13. The Kier molecular flexibility index (Phi) is 6.78. The molecule has 24 heavy (non-hydrogen) atoms. The summed E-state index contributed by atoms with van der Waals surface area (Å²) in [4.78, 5) is 36.0. The van der Waals surface area contributed by atoms with Crippen molar-refractivity contribution in [1.82, 2.24) is 10.6 Å². The van der Waals surface area contributed by atoms with Gasteiger partial charge in [-0.25, -0.2) is 0 Å². The van der Waals surface area contributed by atoms with Crippen molar-refractivity contribution in [3.63, 3.8) is 0 Å². The lowest BCUT2D eigenvalue weighted by Gasteiger charge is -2.25. The van der Waals surface area contributed by atoms with Crippen LogP contribution in [0.2, 0.25) is 5.02 Å². The summed E-state index contributed by atoms with van der Waals surface area (Å²) >= 11 is 5.80. The smallest absolute Gasteiger partial charge is 0.251 e. The number of amides is 3. The van der Waals surface area contributed by atoms with Gasteiger partial charge in [-0.2, -0.15) is 0 Å². The summed E-state index contributed by atoms with van der Waals surface area (Å²) in [6.45, 7) is 7.04. The highest BCUT2D eigenvalue weighted by Gasteiger charge is 2.29. The Hall–Kier alpha value is -2.08. The van der Waals surface area contributed by atoms with E-state index in [0.29, 0.717) is 10.6 Å². The van der Waals surface area contributed by atoms with Crippen molar-refractivity contribution >= 4 is 29.3 Å². The van der Waals surface area contributed by atoms with Crippen LogP contribution in [0.1, 0.15) is 38.1 Å². The van der Waals surface area contributed by atoms with E-state index in [2.05, 4.69) is 10.6 Å². The Morgan fingerprint density at radius 2 is 1.71 bits per heavy atom. The second-order valence-corrected chi connectivity index (χ2v) is 7.10. The minimum Gasteiger partial charge on any atom is -0.369 e. The number of benzene rings is 1. The first-order valence-electron chi connectivity index (χ1n) is 7.68. The third-order valence-electron chi connectivity index (χ3n) is 3.71. The van der Waals surface area contributed by atoms with Crippen LogP contribution in [-0.4, -0.2) is 30.3 Å². The molecule has 0 radical (unpaired) electrons. The molecule has 0 saturated heterocycles. The fourth-order valence-corrected chi connectivity index (χ4v) is 1.99. The molecule has 1 rings (SSSR count). The van der Waals surface area contributed by atoms with Crippen molar-refractivity contribution in [3.8, 4) is 0 Å². The lowest BCUT2D eigenvalue weighted by molar-refractivity contribution is -0.127. The SMILES string of the molecule is CC(C)C(NC(=O)c1ccc(Cl)cc1)C(=O)NCC(C)(C)C(N)=O. The summed E-state index contributed by atoms with van der Waals surface area (Å²) < 4.78 is 0. The molecule has 3 amide bonds. The van der Waals surface area contributed by atoms with E-state index in [1.165, 1.54) is 0 Å². The first kappa shape index (κ1) is 20.0. The maximum absolute atomic E-state index is 12.4. The summed E-state index contributed by atoms with van der Waals surface area (Å²) in [5.74, 6) is -1.36. The van der Waals surface area contributed by atoms with Crippen molar-refractivity contribution in [3.05, 3.63) is 34.9 Å². The van der Waals surface area contributed by atoms with E-state index >= 15 is 0 Å². The third kappa shape index (κ3) is 5.53. The summed E-state index contributed by atoms with van der Waals surface area (Å²) in [5.41, 5.74) is 4.84. The van der Waals surface area contributed by atoms with E-state index in [9.17, 15) is 14.4 Å². The molecule has 4 N–H and O–H groups in total. The van der Waals surface area contributed by atoms with Crippen molar-refractivity contribution in [2.75, 3.05) is 6.54 Å². The number of carbonyl (C=O) groups is 3. The molecule has 1 aromatic rings. The number of carbonyl (C=O) groups excluding carboxylic acids is 3. The average Bonchev–Trinajstić information content (AvgIpc) is 2.50. The van der Waals surface area contributed by atoms with Gasteiger partial charge in [0.15, 0.2) is 0 Å². The second-order valence-electron chi connectivity index (χ2n) is 6.67. The standard InChI is InChI=1S/C17H24ClN3O3/c1-10(2)13(15(23)20-9-17(3,4)16(19)24)21-14(22)11-5-7-12(18)8-6-11/h5-8,10,13H,9H2,1-4H3,(H2,19,24)(H,20,23)(H,21,22). The van der Waals surface area contributed by atoms with Crippen LogP contribution in [0.5, 0.6) is 0 Å². The zero-order valence-corrected chi connectivity index (χ0v) is 15.1. The minimum atomic E-state index is -0.864. The number of nitrogens with one attached hydrogen (secondary N) is 2. The normalized spacial score (nSPS) is 12.6. The van der Waals surface area contributed by atoms with Crippen molar-refractivity contribution in [2.24, 2.45) is 17.1 Å². The molecule has 0 aromatic heterocycles. The maximum Gasteiger partial charge on any atom is 0.251 e. The number of halogens is 1. The van der Waals surface area contributed by atoms with Crippen LogP contribution < -0.4 is 16.4 Å². The second kappa shape index (κ2) is 8.15. The van der Waals surface area contributed by atoms with Gasteiger partial charge in [-0.05, 0) is 44.0 Å². The molecule has 0 aliphatic carbocycles. The van der Waals surface area contributed by atoms with Gasteiger partial charge in [0, 0.05) is 17.1 Å². The molecule has 0 fully saturated rings. The van der Waals surface area contributed by atoms with E-state index in [1.54, 1.807) is 38.1 Å². The first-order chi connectivity index (χ1) is 11.0. The molecule has 0 spiro atoms. The first-order valence-corrected chi connectivity index (χ1v) is 8.06. The molecule has 0 aliphatic rings.